The van der Waals surface area contributed by atoms with E-state index in [-0.39, 0.29) is 0 Å². The lowest BCUT2D eigenvalue weighted by Gasteiger charge is -2.32. The molecule has 0 bridgehead atoms. The zero-order valence-electron chi connectivity index (χ0n) is 10.7. The summed E-state index contributed by atoms with van der Waals surface area (Å²) >= 11 is 0. The highest BCUT2D eigenvalue weighted by molar-refractivity contribution is 4.81. The van der Waals surface area contributed by atoms with Gasteiger partial charge in [-0.05, 0) is 45.9 Å². The average molecular weight is 213 g/mol. The summed E-state index contributed by atoms with van der Waals surface area (Å²) in [5.41, 5.74) is 0. The molecule has 2 N–H and O–H groups in total. The fourth-order valence-electron chi connectivity index (χ4n) is 2.14. The van der Waals surface area contributed by atoms with Crippen LogP contribution in [0.5, 0.6) is 0 Å². The van der Waals surface area contributed by atoms with Crippen molar-refractivity contribution in [1.82, 2.24) is 15.5 Å². The second-order valence-corrected chi connectivity index (χ2v) is 5.30. The zero-order valence-corrected chi connectivity index (χ0v) is 10.7. The number of nitrogens with zero attached hydrogens (tertiary/aromatic N) is 1. The van der Waals surface area contributed by atoms with E-state index < -0.39 is 0 Å². The fourth-order valence-corrected chi connectivity index (χ4v) is 2.14. The molecular formula is C12H27N3. The van der Waals surface area contributed by atoms with Gasteiger partial charge in [0.2, 0.25) is 0 Å². The summed E-state index contributed by atoms with van der Waals surface area (Å²) in [6.07, 6.45) is 2.55. The van der Waals surface area contributed by atoms with Gasteiger partial charge in [0.1, 0.15) is 0 Å². The van der Waals surface area contributed by atoms with Crippen LogP contribution in [0.1, 0.15) is 26.7 Å². The lowest BCUT2D eigenvalue weighted by atomic mass is 9.99. The van der Waals surface area contributed by atoms with Crippen LogP contribution in [0.25, 0.3) is 0 Å². The third-order valence-electron chi connectivity index (χ3n) is 3.16. The van der Waals surface area contributed by atoms with Crippen LogP contribution < -0.4 is 10.6 Å². The van der Waals surface area contributed by atoms with Gasteiger partial charge in [-0.25, -0.2) is 0 Å². The van der Waals surface area contributed by atoms with Gasteiger partial charge in [0.05, 0.1) is 0 Å². The van der Waals surface area contributed by atoms with Crippen LogP contribution in [0.15, 0.2) is 0 Å². The van der Waals surface area contributed by atoms with Crippen LogP contribution >= 0.6 is 0 Å². The lowest BCUT2D eigenvalue weighted by molar-refractivity contribution is 0.249. The predicted molar refractivity (Wildman–Crippen MR) is 66.2 cm³/mol. The number of hydrogen-bond donors (Lipinski definition) is 2. The molecule has 0 aromatic carbocycles. The summed E-state index contributed by atoms with van der Waals surface area (Å²) in [6, 6.07) is 1.35. The monoisotopic (exact) mass is 213 g/mol. The number of rotatable bonds is 5. The molecule has 1 aliphatic rings. The summed E-state index contributed by atoms with van der Waals surface area (Å²) in [5, 5.41) is 7.21. The minimum absolute atomic E-state index is 0.628. The molecule has 1 atom stereocenters. The van der Waals surface area contributed by atoms with Gasteiger partial charge in [0.25, 0.3) is 0 Å². The highest BCUT2D eigenvalue weighted by atomic mass is 15.1. The van der Waals surface area contributed by atoms with E-state index in [9.17, 15) is 0 Å². The molecule has 1 fully saturated rings. The van der Waals surface area contributed by atoms with E-state index in [1.54, 1.807) is 0 Å². The first-order valence-corrected chi connectivity index (χ1v) is 6.21. The Labute approximate surface area is 94.6 Å². The molecule has 0 amide bonds. The molecular weight excluding hydrogens is 186 g/mol. The molecule has 0 aromatic heterocycles. The number of piperidine rings is 1. The van der Waals surface area contributed by atoms with Gasteiger partial charge >= 0.3 is 0 Å². The Kier molecular flexibility index (Phi) is 5.58. The molecule has 1 saturated heterocycles. The molecule has 15 heavy (non-hydrogen) atoms. The maximum atomic E-state index is 3.81. The predicted octanol–water partition coefficient (Wildman–Crippen LogP) is 0.914. The molecule has 0 aliphatic carbocycles. The molecule has 90 valence electrons. The van der Waals surface area contributed by atoms with E-state index >= 15 is 0 Å². The second-order valence-electron chi connectivity index (χ2n) is 5.30. The Morgan fingerprint density at radius 2 is 1.87 bits per heavy atom. The van der Waals surface area contributed by atoms with Gasteiger partial charge in [-0.1, -0.05) is 13.8 Å². The van der Waals surface area contributed by atoms with Crippen molar-refractivity contribution in [3.63, 3.8) is 0 Å². The van der Waals surface area contributed by atoms with E-state index in [2.05, 4.69) is 43.5 Å². The average Bonchev–Trinajstić information content (AvgIpc) is 2.17. The molecule has 0 spiro atoms. The van der Waals surface area contributed by atoms with Gasteiger partial charge in [0.15, 0.2) is 0 Å². The van der Waals surface area contributed by atoms with Gasteiger partial charge in [-0.3, -0.25) is 0 Å². The lowest BCUT2D eigenvalue weighted by Crippen LogP contribution is -2.50. The molecule has 3 nitrogen and oxygen atoms in total. The zero-order chi connectivity index (χ0) is 11.3. The van der Waals surface area contributed by atoms with Crippen molar-refractivity contribution in [2.45, 2.75) is 38.8 Å². The van der Waals surface area contributed by atoms with Crippen molar-refractivity contribution in [3.8, 4) is 0 Å². The third-order valence-corrected chi connectivity index (χ3v) is 3.16. The fraction of sp³-hybridized carbons (Fsp3) is 1.00. The second kappa shape index (κ2) is 6.46. The topological polar surface area (TPSA) is 27.3 Å². The Bertz CT molecular complexity index is 162. The Balaban J connectivity index is 2.35. The van der Waals surface area contributed by atoms with Crippen LogP contribution in [0.4, 0.5) is 0 Å². The molecule has 0 radical (unpaired) electrons. The van der Waals surface area contributed by atoms with E-state index in [4.69, 9.17) is 0 Å². The van der Waals surface area contributed by atoms with E-state index in [1.165, 1.54) is 25.9 Å². The summed E-state index contributed by atoms with van der Waals surface area (Å²) in [4.78, 5) is 2.28. The molecule has 1 aliphatic heterocycles. The normalized spacial score (nSPS) is 21.2. The summed E-state index contributed by atoms with van der Waals surface area (Å²) < 4.78 is 0. The largest absolute Gasteiger partial charge is 0.317 e. The molecule has 3 heteroatoms. The molecule has 1 heterocycles. The smallest absolute Gasteiger partial charge is 0.0220 e. The Morgan fingerprint density at radius 3 is 2.33 bits per heavy atom. The number of nitrogens with one attached hydrogen (secondary N) is 2. The number of hydrogen-bond acceptors (Lipinski definition) is 3. The Morgan fingerprint density at radius 1 is 1.27 bits per heavy atom. The maximum Gasteiger partial charge on any atom is 0.0220 e. The first-order chi connectivity index (χ1) is 7.09. The SMILES string of the molecule is CC(C)C(CN(C)C)NC1CCNCC1. The highest BCUT2D eigenvalue weighted by Gasteiger charge is 2.20. The molecule has 0 aromatic rings. The summed E-state index contributed by atoms with van der Waals surface area (Å²) in [7, 11) is 4.30. The van der Waals surface area contributed by atoms with Crippen LogP contribution in [0.3, 0.4) is 0 Å². The Hall–Kier alpha value is -0.120. The molecule has 1 unspecified atom stereocenters. The van der Waals surface area contributed by atoms with Crippen molar-refractivity contribution < 1.29 is 0 Å². The first kappa shape index (κ1) is 12.9. The van der Waals surface area contributed by atoms with Crippen LogP contribution in [-0.2, 0) is 0 Å². The van der Waals surface area contributed by atoms with Crippen LogP contribution in [-0.4, -0.2) is 50.7 Å². The van der Waals surface area contributed by atoms with Gasteiger partial charge in [0, 0.05) is 18.6 Å². The standard InChI is InChI=1S/C12H27N3/c1-10(2)12(9-15(3)4)14-11-5-7-13-8-6-11/h10-14H,5-9H2,1-4H3. The van der Waals surface area contributed by atoms with Crippen molar-refractivity contribution in [2.24, 2.45) is 5.92 Å². The quantitative estimate of drug-likeness (QED) is 0.711. The van der Waals surface area contributed by atoms with Crippen molar-refractivity contribution >= 4 is 0 Å². The first-order valence-electron chi connectivity index (χ1n) is 6.21. The minimum Gasteiger partial charge on any atom is -0.317 e. The molecule has 0 saturated carbocycles. The van der Waals surface area contributed by atoms with Crippen molar-refractivity contribution in [1.29, 1.82) is 0 Å². The van der Waals surface area contributed by atoms with Gasteiger partial charge < -0.3 is 15.5 Å². The third kappa shape index (κ3) is 4.96. The number of likely N-dealkylation sites (N-methyl/N-ethyl adjacent to an activating group) is 1. The van der Waals surface area contributed by atoms with Gasteiger partial charge in [-0.15, -0.1) is 0 Å². The van der Waals surface area contributed by atoms with Crippen LogP contribution in [0, 0.1) is 5.92 Å². The van der Waals surface area contributed by atoms with Gasteiger partial charge in [-0.2, -0.15) is 0 Å². The minimum atomic E-state index is 0.628. The van der Waals surface area contributed by atoms with Crippen LogP contribution in [0.2, 0.25) is 0 Å². The summed E-state index contributed by atoms with van der Waals surface area (Å²) in [6.45, 7) is 8.10. The maximum absolute atomic E-state index is 3.81. The molecule has 1 rings (SSSR count). The van der Waals surface area contributed by atoms with Crippen molar-refractivity contribution in [3.05, 3.63) is 0 Å². The van der Waals surface area contributed by atoms with Crippen molar-refractivity contribution in [2.75, 3.05) is 33.7 Å². The summed E-state index contributed by atoms with van der Waals surface area (Å²) in [5.74, 6) is 0.710. The van der Waals surface area contributed by atoms with E-state index in [0.29, 0.717) is 12.0 Å². The van der Waals surface area contributed by atoms with E-state index in [0.717, 1.165) is 12.6 Å². The van der Waals surface area contributed by atoms with E-state index in [1.807, 2.05) is 0 Å². The highest BCUT2D eigenvalue weighted by Crippen LogP contribution is 2.09.